The van der Waals surface area contributed by atoms with Gasteiger partial charge in [0.1, 0.15) is 0 Å². The standard InChI is InChI=1S/C11H19NO/c1-11(2,3)10(13)12-7-8-4-5-9(12)6-8/h8-9H,4-7H2,1-3H3. The van der Waals surface area contributed by atoms with Gasteiger partial charge in [-0.05, 0) is 25.2 Å². The number of likely N-dealkylation sites (tertiary alicyclic amines) is 1. The fourth-order valence-electron chi connectivity index (χ4n) is 2.60. The van der Waals surface area contributed by atoms with E-state index in [1.165, 1.54) is 19.3 Å². The van der Waals surface area contributed by atoms with Crippen LogP contribution < -0.4 is 0 Å². The van der Waals surface area contributed by atoms with Gasteiger partial charge in [0, 0.05) is 18.0 Å². The van der Waals surface area contributed by atoms with Gasteiger partial charge in [-0.2, -0.15) is 0 Å². The smallest absolute Gasteiger partial charge is 0.228 e. The molecule has 1 aliphatic heterocycles. The second-order valence-corrected chi connectivity index (χ2v) is 5.54. The topological polar surface area (TPSA) is 20.3 Å². The van der Waals surface area contributed by atoms with Gasteiger partial charge >= 0.3 is 0 Å². The summed E-state index contributed by atoms with van der Waals surface area (Å²) in [6, 6.07) is 0.580. The highest BCUT2D eigenvalue weighted by atomic mass is 16.2. The first-order valence-corrected chi connectivity index (χ1v) is 5.29. The zero-order valence-corrected chi connectivity index (χ0v) is 8.84. The Kier molecular flexibility index (Phi) is 1.90. The van der Waals surface area contributed by atoms with Crippen molar-refractivity contribution in [1.82, 2.24) is 4.90 Å². The third kappa shape index (κ3) is 1.47. The quantitative estimate of drug-likeness (QED) is 0.560. The summed E-state index contributed by atoms with van der Waals surface area (Å²) in [5.41, 5.74) is -0.190. The summed E-state index contributed by atoms with van der Waals surface area (Å²) in [5.74, 6) is 1.16. The number of hydrogen-bond acceptors (Lipinski definition) is 1. The molecule has 2 aliphatic rings. The molecule has 2 bridgehead atoms. The van der Waals surface area contributed by atoms with Gasteiger partial charge in [0.15, 0.2) is 0 Å². The monoisotopic (exact) mass is 181 g/mol. The number of hydrogen-bond donors (Lipinski definition) is 0. The van der Waals surface area contributed by atoms with Gasteiger partial charge in [0.25, 0.3) is 0 Å². The van der Waals surface area contributed by atoms with Crippen molar-refractivity contribution in [3.05, 3.63) is 0 Å². The van der Waals surface area contributed by atoms with Crippen LogP contribution in [-0.2, 0) is 4.79 Å². The highest BCUT2D eigenvalue weighted by Gasteiger charge is 2.42. The van der Waals surface area contributed by atoms with Gasteiger partial charge in [-0.25, -0.2) is 0 Å². The third-order valence-electron chi connectivity index (χ3n) is 3.31. The maximum atomic E-state index is 12.0. The second-order valence-electron chi connectivity index (χ2n) is 5.54. The summed E-state index contributed by atoms with van der Waals surface area (Å²) in [6.07, 6.45) is 3.85. The number of carbonyl (C=O) groups is 1. The van der Waals surface area contributed by atoms with Crippen molar-refractivity contribution in [1.29, 1.82) is 0 Å². The van der Waals surface area contributed by atoms with Crippen molar-refractivity contribution >= 4 is 5.91 Å². The van der Waals surface area contributed by atoms with Crippen LogP contribution in [0, 0.1) is 11.3 Å². The Bertz CT molecular complexity index is 229. The average molecular weight is 181 g/mol. The molecule has 1 amide bonds. The van der Waals surface area contributed by atoms with E-state index in [2.05, 4.69) is 4.90 Å². The summed E-state index contributed by atoms with van der Waals surface area (Å²) >= 11 is 0. The number of carbonyl (C=O) groups excluding carboxylic acids is 1. The van der Waals surface area contributed by atoms with Gasteiger partial charge in [0.2, 0.25) is 5.91 Å². The van der Waals surface area contributed by atoms with Crippen molar-refractivity contribution in [2.24, 2.45) is 11.3 Å². The zero-order chi connectivity index (χ0) is 9.64. The lowest BCUT2D eigenvalue weighted by Crippen LogP contribution is -2.43. The van der Waals surface area contributed by atoms with Crippen molar-refractivity contribution in [2.75, 3.05) is 6.54 Å². The average Bonchev–Trinajstić information content (AvgIpc) is 2.60. The molecule has 1 aliphatic carbocycles. The minimum absolute atomic E-state index is 0.190. The molecule has 2 nitrogen and oxygen atoms in total. The van der Waals surface area contributed by atoms with Crippen molar-refractivity contribution < 1.29 is 4.79 Å². The molecule has 74 valence electrons. The Balaban J connectivity index is 2.07. The highest BCUT2D eigenvalue weighted by molar-refractivity contribution is 5.82. The fourth-order valence-corrected chi connectivity index (χ4v) is 2.60. The number of rotatable bonds is 0. The van der Waals surface area contributed by atoms with Crippen LogP contribution in [0.25, 0.3) is 0 Å². The molecular formula is C11H19NO. The Labute approximate surface area is 80.3 Å². The molecule has 1 saturated heterocycles. The Hall–Kier alpha value is -0.530. The maximum absolute atomic E-state index is 12.0. The van der Waals surface area contributed by atoms with Gasteiger partial charge < -0.3 is 4.90 Å². The van der Waals surface area contributed by atoms with E-state index in [1.807, 2.05) is 20.8 Å². The number of nitrogens with zero attached hydrogens (tertiary/aromatic N) is 1. The molecule has 0 spiro atoms. The van der Waals surface area contributed by atoms with Crippen LogP contribution in [0.4, 0.5) is 0 Å². The van der Waals surface area contributed by atoms with Gasteiger partial charge in [-0.3, -0.25) is 4.79 Å². The van der Waals surface area contributed by atoms with E-state index in [0.29, 0.717) is 11.9 Å². The minimum Gasteiger partial charge on any atom is -0.339 e. The van der Waals surface area contributed by atoms with Gasteiger partial charge in [-0.1, -0.05) is 20.8 Å². The maximum Gasteiger partial charge on any atom is 0.228 e. The summed E-state index contributed by atoms with van der Waals surface area (Å²) in [4.78, 5) is 14.1. The molecule has 2 atom stereocenters. The number of amides is 1. The zero-order valence-electron chi connectivity index (χ0n) is 8.84. The van der Waals surface area contributed by atoms with Crippen molar-refractivity contribution in [2.45, 2.75) is 46.1 Å². The Morgan fingerprint density at radius 2 is 2.00 bits per heavy atom. The van der Waals surface area contributed by atoms with Crippen molar-refractivity contribution in [3.8, 4) is 0 Å². The number of piperidine rings is 1. The first-order chi connectivity index (χ1) is 5.98. The first kappa shape index (κ1) is 9.04. The molecule has 0 aromatic heterocycles. The second kappa shape index (κ2) is 2.73. The van der Waals surface area contributed by atoms with Crippen LogP contribution in [0.3, 0.4) is 0 Å². The van der Waals surface area contributed by atoms with Gasteiger partial charge in [0.05, 0.1) is 0 Å². The molecule has 0 aromatic rings. The summed E-state index contributed by atoms with van der Waals surface area (Å²) < 4.78 is 0. The Morgan fingerprint density at radius 3 is 2.38 bits per heavy atom. The lowest BCUT2D eigenvalue weighted by molar-refractivity contribution is -0.141. The highest BCUT2D eigenvalue weighted by Crippen LogP contribution is 2.39. The molecule has 2 unspecified atom stereocenters. The van der Waals surface area contributed by atoms with E-state index in [0.717, 1.165) is 12.5 Å². The molecule has 1 heterocycles. The predicted molar refractivity (Wildman–Crippen MR) is 52.3 cm³/mol. The van der Waals surface area contributed by atoms with E-state index in [-0.39, 0.29) is 5.41 Å². The summed E-state index contributed by atoms with van der Waals surface area (Å²) in [5, 5.41) is 0. The summed E-state index contributed by atoms with van der Waals surface area (Å²) in [6.45, 7) is 7.07. The van der Waals surface area contributed by atoms with Crippen LogP contribution in [0.1, 0.15) is 40.0 Å². The largest absolute Gasteiger partial charge is 0.339 e. The van der Waals surface area contributed by atoms with E-state index in [4.69, 9.17) is 0 Å². The van der Waals surface area contributed by atoms with Crippen LogP contribution in [0.15, 0.2) is 0 Å². The molecule has 2 heteroatoms. The molecule has 1 saturated carbocycles. The first-order valence-electron chi connectivity index (χ1n) is 5.29. The fraction of sp³-hybridized carbons (Fsp3) is 0.909. The van der Waals surface area contributed by atoms with Crippen LogP contribution >= 0.6 is 0 Å². The molecule has 0 aromatic carbocycles. The normalized spacial score (nSPS) is 32.7. The van der Waals surface area contributed by atoms with E-state index >= 15 is 0 Å². The van der Waals surface area contributed by atoms with Crippen LogP contribution in [0.2, 0.25) is 0 Å². The number of fused-ring (bicyclic) bond motifs is 2. The molecular weight excluding hydrogens is 162 g/mol. The third-order valence-corrected chi connectivity index (χ3v) is 3.31. The lowest BCUT2D eigenvalue weighted by Gasteiger charge is -2.32. The van der Waals surface area contributed by atoms with Crippen LogP contribution in [-0.4, -0.2) is 23.4 Å². The van der Waals surface area contributed by atoms with E-state index in [1.54, 1.807) is 0 Å². The predicted octanol–water partition coefficient (Wildman–Crippen LogP) is 2.04. The minimum atomic E-state index is -0.190. The molecule has 2 fully saturated rings. The molecule has 0 N–H and O–H groups in total. The lowest BCUT2D eigenvalue weighted by atomic mass is 9.93. The van der Waals surface area contributed by atoms with E-state index in [9.17, 15) is 4.79 Å². The molecule has 13 heavy (non-hydrogen) atoms. The molecule has 2 rings (SSSR count). The Morgan fingerprint density at radius 1 is 1.31 bits per heavy atom. The van der Waals surface area contributed by atoms with Crippen molar-refractivity contribution in [3.63, 3.8) is 0 Å². The SMILES string of the molecule is CC(C)(C)C(=O)N1CC2CCC1C2. The molecule has 0 radical (unpaired) electrons. The van der Waals surface area contributed by atoms with E-state index < -0.39 is 0 Å². The van der Waals surface area contributed by atoms with Gasteiger partial charge in [-0.15, -0.1) is 0 Å². The summed E-state index contributed by atoms with van der Waals surface area (Å²) in [7, 11) is 0. The van der Waals surface area contributed by atoms with Crippen LogP contribution in [0.5, 0.6) is 0 Å².